The van der Waals surface area contributed by atoms with E-state index in [0.29, 0.717) is 34.5 Å². The van der Waals surface area contributed by atoms with Gasteiger partial charge in [0.1, 0.15) is 29.6 Å². The number of aryl methyl sites for hydroxylation is 1. The van der Waals surface area contributed by atoms with Crippen LogP contribution in [0, 0.1) is 0 Å². The van der Waals surface area contributed by atoms with Crippen LogP contribution in [-0.2, 0) is 19.7 Å². The highest BCUT2D eigenvalue weighted by Crippen LogP contribution is 2.20. The van der Waals surface area contributed by atoms with Gasteiger partial charge >= 0.3 is 0 Å². The van der Waals surface area contributed by atoms with Crippen LogP contribution in [0.3, 0.4) is 0 Å². The topological polar surface area (TPSA) is 78.5 Å². The summed E-state index contributed by atoms with van der Waals surface area (Å²) in [5.41, 5.74) is 0.611. The maximum absolute atomic E-state index is 12.2. The maximum Gasteiger partial charge on any atom is 0.287 e. The molecule has 1 amide bonds. The molecule has 0 bridgehead atoms. The molecule has 2 aromatic heterocycles. The highest BCUT2D eigenvalue weighted by atomic mass is 35.5. The number of ether oxygens (including phenoxy) is 2. The number of benzene rings is 1. The van der Waals surface area contributed by atoms with E-state index in [1.54, 1.807) is 36.2 Å². The van der Waals surface area contributed by atoms with Gasteiger partial charge in [0, 0.05) is 18.8 Å². The van der Waals surface area contributed by atoms with Crippen molar-refractivity contribution in [3.05, 3.63) is 64.8 Å². The van der Waals surface area contributed by atoms with Crippen LogP contribution in [0.25, 0.3) is 0 Å². The molecule has 0 fully saturated rings. The minimum absolute atomic E-state index is 0.199. The number of methoxy groups -OCH3 is 1. The summed E-state index contributed by atoms with van der Waals surface area (Å²) >= 11 is 6.09. The molecule has 7 nitrogen and oxygen atoms in total. The van der Waals surface area contributed by atoms with Crippen molar-refractivity contribution in [2.24, 2.45) is 0 Å². The lowest BCUT2D eigenvalue weighted by Crippen LogP contribution is -2.22. The first kappa shape index (κ1) is 18.8. The molecule has 0 atom stereocenters. The van der Waals surface area contributed by atoms with Crippen molar-refractivity contribution in [3.63, 3.8) is 0 Å². The maximum atomic E-state index is 12.2. The van der Waals surface area contributed by atoms with Gasteiger partial charge in [-0.15, -0.1) is 0 Å². The summed E-state index contributed by atoms with van der Waals surface area (Å²) in [5, 5.41) is 7.55. The smallest absolute Gasteiger partial charge is 0.287 e. The third-order valence-corrected chi connectivity index (χ3v) is 4.15. The lowest BCUT2D eigenvalue weighted by atomic mass is 10.3. The molecule has 8 heteroatoms. The molecule has 3 rings (SSSR count). The van der Waals surface area contributed by atoms with Gasteiger partial charge in [-0.05, 0) is 31.2 Å². The quantitative estimate of drug-likeness (QED) is 0.636. The summed E-state index contributed by atoms with van der Waals surface area (Å²) in [6, 6.07) is 10.6. The molecular formula is C19H20ClN3O4. The van der Waals surface area contributed by atoms with E-state index in [2.05, 4.69) is 10.4 Å². The Hall–Kier alpha value is -2.93. The van der Waals surface area contributed by atoms with Gasteiger partial charge in [0.15, 0.2) is 5.76 Å². The summed E-state index contributed by atoms with van der Waals surface area (Å²) in [7, 11) is 1.59. The van der Waals surface area contributed by atoms with Crippen molar-refractivity contribution in [1.29, 1.82) is 0 Å². The number of carbonyl (C=O) groups excluding carboxylic acids is 1. The molecule has 0 unspecified atom stereocenters. The number of aromatic nitrogens is 2. The van der Waals surface area contributed by atoms with Crippen molar-refractivity contribution in [2.75, 3.05) is 7.11 Å². The van der Waals surface area contributed by atoms with Gasteiger partial charge in [-0.3, -0.25) is 9.48 Å². The van der Waals surface area contributed by atoms with Crippen LogP contribution in [0.1, 0.15) is 28.9 Å². The Labute approximate surface area is 161 Å². The molecule has 1 N–H and O–H groups in total. The molecule has 0 saturated heterocycles. The Morgan fingerprint density at radius 3 is 2.85 bits per heavy atom. The number of hydrogen-bond acceptors (Lipinski definition) is 5. The average molecular weight is 390 g/mol. The molecule has 3 aromatic rings. The average Bonchev–Trinajstić information content (AvgIpc) is 3.31. The van der Waals surface area contributed by atoms with Gasteiger partial charge in [0.2, 0.25) is 0 Å². The van der Waals surface area contributed by atoms with Crippen LogP contribution in [-0.4, -0.2) is 22.8 Å². The van der Waals surface area contributed by atoms with Gasteiger partial charge in [0.25, 0.3) is 5.91 Å². The lowest BCUT2D eigenvalue weighted by Gasteiger charge is -2.06. The number of hydrogen-bond donors (Lipinski definition) is 1. The number of rotatable bonds is 8. The van der Waals surface area contributed by atoms with E-state index in [0.717, 1.165) is 0 Å². The van der Waals surface area contributed by atoms with Gasteiger partial charge in [-0.25, -0.2) is 0 Å². The summed E-state index contributed by atoms with van der Waals surface area (Å²) in [5.74, 6) is 1.75. The van der Waals surface area contributed by atoms with Crippen molar-refractivity contribution in [3.8, 4) is 11.5 Å². The molecule has 0 radical (unpaired) electrons. The van der Waals surface area contributed by atoms with Crippen LogP contribution < -0.4 is 14.8 Å². The van der Waals surface area contributed by atoms with Crippen molar-refractivity contribution in [1.82, 2.24) is 15.1 Å². The van der Waals surface area contributed by atoms with Gasteiger partial charge in [-0.1, -0.05) is 17.7 Å². The SMILES string of the molecule is CCn1cc(Cl)c(CNC(=O)c2ccc(COc3cccc(OC)c3)o2)n1. The van der Waals surface area contributed by atoms with E-state index in [1.165, 1.54) is 0 Å². The summed E-state index contributed by atoms with van der Waals surface area (Å²) in [4.78, 5) is 12.2. The number of halogens is 1. The summed E-state index contributed by atoms with van der Waals surface area (Å²) in [6.45, 7) is 3.10. The molecule has 27 heavy (non-hydrogen) atoms. The van der Waals surface area contributed by atoms with Crippen LogP contribution in [0.5, 0.6) is 11.5 Å². The van der Waals surface area contributed by atoms with E-state index < -0.39 is 0 Å². The largest absolute Gasteiger partial charge is 0.497 e. The third-order valence-electron chi connectivity index (χ3n) is 3.84. The fraction of sp³-hybridized carbons (Fsp3) is 0.263. The Morgan fingerprint density at radius 2 is 2.11 bits per heavy atom. The number of furan rings is 1. The second-order valence-electron chi connectivity index (χ2n) is 5.70. The van der Waals surface area contributed by atoms with Crippen LogP contribution in [0.4, 0.5) is 0 Å². The zero-order valence-corrected chi connectivity index (χ0v) is 15.8. The zero-order chi connectivity index (χ0) is 19.2. The third kappa shape index (κ3) is 4.83. The first-order valence-electron chi connectivity index (χ1n) is 8.44. The van der Waals surface area contributed by atoms with E-state index in [1.807, 2.05) is 25.1 Å². The van der Waals surface area contributed by atoms with Gasteiger partial charge in [0.05, 0.1) is 18.7 Å². The highest BCUT2D eigenvalue weighted by Gasteiger charge is 2.13. The monoisotopic (exact) mass is 389 g/mol. The van der Waals surface area contributed by atoms with E-state index in [4.69, 9.17) is 25.5 Å². The molecule has 2 heterocycles. The normalized spacial score (nSPS) is 10.6. The minimum atomic E-state index is -0.343. The van der Waals surface area contributed by atoms with Gasteiger partial charge < -0.3 is 19.2 Å². The Kier molecular flexibility index (Phi) is 6.03. The second kappa shape index (κ2) is 8.64. The van der Waals surface area contributed by atoms with E-state index >= 15 is 0 Å². The Morgan fingerprint density at radius 1 is 1.30 bits per heavy atom. The second-order valence-corrected chi connectivity index (χ2v) is 6.10. The van der Waals surface area contributed by atoms with E-state index in [-0.39, 0.29) is 24.8 Å². The fourth-order valence-corrected chi connectivity index (χ4v) is 2.61. The number of carbonyl (C=O) groups is 1. The summed E-state index contributed by atoms with van der Waals surface area (Å²) < 4.78 is 18.1. The zero-order valence-electron chi connectivity index (χ0n) is 15.1. The molecule has 1 aromatic carbocycles. The van der Waals surface area contributed by atoms with Crippen LogP contribution >= 0.6 is 11.6 Å². The molecule has 0 aliphatic rings. The number of nitrogens with one attached hydrogen (secondary N) is 1. The predicted octanol–water partition coefficient (Wildman–Crippen LogP) is 3.67. The fourth-order valence-electron chi connectivity index (χ4n) is 2.39. The Balaban J connectivity index is 1.54. The van der Waals surface area contributed by atoms with Crippen LogP contribution in [0.15, 0.2) is 47.0 Å². The Bertz CT molecular complexity index is 919. The molecule has 0 aliphatic carbocycles. The number of nitrogens with zero attached hydrogens (tertiary/aromatic N) is 2. The molecular weight excluding hydrogens is 370 g/mol. The number of amides is 1. The van der Waals surface area contributed by atoms with Crippen molar-refractivity contribution >= 4 is 17.5 Å². The standard InChI is InChI=1S/C19H20ClN3O4/c1-3-23-11-16(20)17(22-23)10-21-19(24)18-8-7-15(27-18)12-26-14-6-4-5-13(9-14)25-2/h4-9,11H,3,10,12H2,1-2H3,(H,21,24). The first-order chi connectivity index (χ1) is 13.1. The molecule has 0 spiro atoms. The minimum Gasteiger partial charge on any atom is -0.497 e. The van der Waals surface area contributed by atoms with E-state index in [9.17, 15) is 4.79 Å². The van der Waals surface area contributed by atoms with Crippen LogP contribution in [0.2, 0.25) is 5.02 Å². The van der Waals surface area contributed by atoms with Crippen molar-refractivity contribution in [2.45, 2.75) is 26.6 Å². The van der Waals surface area contributed by atoms with Crippen molar-refractivity contribution < 1.29 is 18.7 Å². The lowest BCUT2D eigenvalue weighted by molar-refractivity contribution is 0.0918. The molecule has 142 valence electrons. The first-order valence-corrected chi connectivity index (χ1v) is 8.82. The molecule has 0 saturated carbocycles. The molecule has 0 aliphatic heterocycles. The highest BCUT2D eigenvalue weighted by molar-refractivity contribution is 6.31. The van der Waals surface area contributed by atoms with Gasteiger partial charge in [-0.2, -0.15) is 5.10 Å². The summed E-state index contributed by atoms with van der Waals surface area (Å²) in [6.07, 6.45) is 1.73. The predicted molar refractivity (Wildman–Crippen MR) is 100 cm³/mol.